The van der Waals surface area contributed by atoms with Gasteiger partial charge in [-0.15, -0.1) is 0 Å². The van der Waals surface area contributed by atoms with E-state index >= 15 is 0 Å². The molecule has 0 fully saturated rings. The Morgan fingerprint density at radius 1 is 1.33 bits per heavy atom. The van der Waals surface area contributed by atoms with Gasteiger partial charge in [0.1, 0.15) is 6.10 Å². The van der Waals surface area contributed by atoms with Crippen LogP contribution in [0.2, 0.25) is 0 Å². The molecule has 0 radical (unpaired) electrons. The van der Waals surface area contributed by atoms with Crippen LogP contribution in [0.1, 0.15) is 41.0 Å². The molecule has 1 atom stereocenters. The molecule has 1 amide bonds. The number of hydrogen-bond donors (Lipinski definition) is 1. The highest BCUT2D eigenvalue weighted by Crippen LogP contribution is 2.21. The summed E-state index contributed by atoms with van der Waals surface area (Å²) in [6.45, 7) is 10.1. The standard InChI is InChI=1S/C11H21NO3/c1-6-7-12-9(13)10(14)15-8(2)11(3,4)5/h8H,6-7H2,1-5H3,(H,12,13)/t8-/m1/s1. The van der Waals surface area contributed by atoms with Crippen LogP contribution in [0.4, 0.5) is 0 Å². The molecule has 0 rings (SSSR count). The Kier molecular flexibility index (Phi) is 5.33. The van der Waals surface area contributed by atoms with Crippen molar-refractivity contribution in [2.75, 3.05) is 6.54 Å². The third kappa shape index (κ3) is 5.40. The van der Waals surface area contributed by atoms with Crippen LogP contribution in [-0.2, 0) is 14.3 Å². The number of ether oxygens (including phenoxy) is 1. The third-order valence-corrected chi connectivity index (χ3v) is 2.22. The van der Waals surface area contributed by atoms with Crippen LogP contribution in [0, 0.1) is 5.41 Å². The van der Waals surface area contributed by atoms with E-state index in [-0.39, 0.29) is 11.5 Å². The van der Waals surface area contributed by atoms with Crippen LogP contribution >= 0.6 is 0 Å². The SMILES string of the molecule is CCCNC(=O)C(=O)O[C@H](C)C(C)(C)C. The van der Waals surface area contributed by atoms with E-state index in [9.17, 15) is 9.59 Å². The Morgan fingerprint density at radius 3 is 2.27 bits per heavy atom. The fraction of sp³-hybridized carbons (Fsp3) is 0.818. The minimum Gasteiger partial charge on any atom is -0.455 e. The highest BCUT2D eigenvalue weighted by molar-refractivity contribution is 6.32. The average molecular weight is 215 g/mol. The largest absolute Gasteiger partial charge is 0.455 e. The van der Waals surface area contributed by atoms with Crippen molar-refractivity contribution in [3.63, 3.8) is 0 Å². The molecule has 1 N–H and O–H groups in total. The molecule has 0 bridgehead atoms. The van der Waals surface area contributed by atoms with E-state index in [2.05, 4.69) is 5.32 Å². The molecule has 0 saturated carbocycles. The van der Waals surface area contributed by atoms with E-state index in [0.717, 1.165) is 6.42 Å². The number of amides is 1. The van der Waals surface area contributed by atoms with Gasteiger partial charge in [-0.2, -0.15) is 0 Å². The van der Waals surface area contributed by atoms with Gasteiger partial charge in [-0.3, -0.25) is 4.79 Å². The van der Waals surface area contributed by atoms with Crippen LogP contribution in [0.15, 0.2) is 0 Å². The zero-order valence-electron chi connectivity index (χ0n) is 10.2. The van der Waals surface area contributed by atoms with Crippen LogP contribution < -0.4 is 5.32 Å². The molecule has 0 aromatic heterocycles. The Morgan fingerprint density at radius 2 is 1.87 bits per heavy atom. The molecule has 0 aliphatic heterocycles. The molecule has 4 nitrogen and oxygen atoms in total. The summed E-state index contributed by atoms with van der Waals surface area (Å²) in [5.74, 6) is -1.46. The molecule has 0 aromatic rings. The maximum Gasteiger partial charge on any atom is 0.397 e. The summed E-state index contributed by atoms with van der Waals surface area (Å²) < 4.78 is 5.02. The van der Waals surface area contributed by atoms with Crippen molar-refractivity contribution < 1.29 is 14.3 Å². The molecule has 0 saturated heterocycles. The molecule has 0 aliphatic carbocycles. The fourth-order valence-electron chi connectivity index (χ4n) is 0.702. The van der Waals surface area contributed by atoms with Gasteiger partial charge in [0.05, 0.1) is 0 Å². The maximum atomic E-state index is 11.3. The number of rotatable bonds is 3. The van der Waals surface area contributed by atoms with E-state index < -0.39 is 11.9 Å². The van der Waals surface area contributed by atoms with Gasteiger partial charge in [-0.1, -0.05) is 27.7 Å². The van der Waals surface area contributed by atoms with E-state index in [4.69, 9.17) is 4.74 Å². The molecule has 0 aromatic carbocycles. The van der Waals surface area contributed by atoms with Crippen molar-refractivity contribution in [1.29, 1.82) is 0 Å². The second-order valence-corrected chi connectivity index (χ2v) is 4.67. The van der Waals surface area contributed by atoms with Gasteiger partial charge in [0.2, 0.25) is 0 Å². The maximum absolute atomic E-state index is 11.3. The van der Waals surface area contributed by atoms with Gasteiger partial charge in [0, 0.05) is 6.54 Å². The lowest BCUT2D eigenvalue weighted by atomic mass is 9.90. The van der Waals surface area contributed by atoms with Crippen molar-refractivity contribution in [2.24, 2.45) is 5.41 Å². The van der Waals surface area contributed by atoms with Crippen LogP contribution in [0.5, 0.6) is 0 Å². The number of esters is 1. The van der Waals surface area contributed by atoms with Gasteiger partial charge in [0.15, 0.2) is 0 Å². The lowest BCUT2D eigenvalue weighted by molar-refractivity contribution is -0.162. The van der Waals surface area contributed by atoms with Gasteiger partial charge in [-0.25, -0.2) is 4.79 Å². The zero-order valence-corrected chi connectivity index (χ0v) is 10.2. The van der Waals surface area contributed by atoms with Crippen molar-refractivity contribution in [1.82, 2.24) is 5.32 Å². The molecular formula is C11H21NO3. The van der Waals surface area contributed by atoms with Gasteiger partial charge in [0.25, 0.3) is 0 Å². The minimum atomic E-state index is -0.800. The number of carbonyl (C=O) groups excluding carboxylic acids is 2. The first-order valence-electron chi connectivity index (χ1n) is 5.27. The Bertz CT molecular complexity index is 230. The first-order valence-corrected chi connectivity index (χ1v) is 5.27. The van der Waals surface area contributed by atoms with Gasteiger partial charge < -0.3 is 10.1 Å². The van der Waals surface area contributed by atoms with E-state index in [1.165, 1.54) is 0 Å². The molecule has 0 unspecified atom stereocenters. The topological polar surface area (TPSA) is 55.4 Å². The predicted octanol–water partition coefficient (Wildman–Crippen LogP) is 1.49. The van der Waals surface area contributed by atoms with Crippen molar-refractivity contribution in [2.45, 2.75) is 47.1 Å². The number of nitrogens with one attached hydrogen (secondary N) is 1. The van der Waals surface area contributed by atoms with Gasteiger partial charge in [-0.05, 0) is 18.8 Å². The summed E-state index contributed by atoms with van der Waals surface area (Å²) in [6.07, 6.45) is 0.519. The summed E-state index contributed by atoms with van der Waals surface area (Å²) in [6, 6.07) is 0. The highest BCUT2D eigenvalue weighted by atomic mass is 16.5. The minimum absolute atomic E-state index is 0.152. The number of hydrogen-bond acceptors (Lipinski definition) is 3. The third-order valence-electron chi connectivity index (χ3n) is 2.22. The average Bonchev–Trinajstić information content (AvgIpc) is 2.12. The van der Waals surface area contributed by atoms with Crippen molar-refractivity contribution in [3.05, 3.63) is 0 Å². The van der Waals surface area contributed by atoms with E-state index in [1.807, 2.05) is 27.7 Å². The summed E-state index contributed by atoms with van der Waals surface area (Å²) in [5, 5.41) is 2.48. The van der Waals surface area contributed by atoms with Crippen LogP contribution in [-0.4, -0.2) is 24.5 Å². The lowest BCUT2D eigenvalue weighted by Gasteiger charge is -2.26. The Labute approximate surface area is 91.4 Å². The molecular weight excluding hydrogens is 194 g/mol. The molecule has 88 valence electrons. The summed E-state index contributed by atoms with van der Waals surface area (Å²) in [7, 11) is 0. The summed E-state index contributed by atoms with van der Waals surface area (Å²) in [5.41, 5.74) is -0.152. The quantitative estimate of drug-likeness (QED) is 0.573. The van der Waals surface area contributed by atoms with Gasteiger partial charge >= 0.3 is 11.9 Å². The molecule has 0 aliphatic rings. The Hall–Kier alpha value is -1.06. The first-order chi connectivity index (χ1) is 6.79. The lowest BCUT2D eigenvalue weighted by Crippen LogP contribution is -2.37. The number of carbonyl (C=O) groups is 2. The van der Waals surface area contributed by atoms with Crippen molar-refractivity contribution in [3.8, 4) is 0 Å². The second-order valence-electron chi connectivity index (χ2n) is 4.67. The molecule has 0 heterocycles. The predicted molar refractivity (Wildman–Crippen MR) is 58.3 cm³/mol. The zero-order chi connectivity index (χ0) is 12.1. The second kappa shape index (κ2) is 5.73. The smallest absolute Gasteiger partial charge is 0.397 e. The molecule has 4 heteroatoms. The normalized spacial score (nSPS) is 13.1. The summed E-state index contributed by atoms with van der Waals surface area (Å²) in [4.78, 5) is 22.5. The summed E-state index contributed by atoms with van der Waals surface area (Å²) >= 11 is 0. The highest BCUT2D eigenvalue weighted by Gasteiger charge is 2.26. The van der Waals surface area contributed by atoms with Crippen LogP contribution in [0.3, 0.4) is 0 Å². The van der Waals surface area contributed by atoms with E-state index in [1.54, 1.807) is 6.92 Å². The Balaban J connectivity index is 4.08. The molecule has 15 heavy (non-hydrogen) atoms. The molecule has 0 spiro atoms. The monoisotopic (exact) mass is 215 g/mol. The fourth-order valence-corrected chi connectivity index (χ4v) is 0.702. The first kappa shape index (κ1) is 13.9. The van der Waals surface area contributed by atoms with Crippen molar-refractivity contribution >= 4 is 11.9 Å². The van der Waals surface area contributed by atoms with E-state index in [0.29, 0.717) is 6.54 Å². The van der Waals surface area contributed by atoms with Crippen LogP contribution in [0.25, 0.3) is 0 Å².